The van der Waals surface area contributed by atoms with E-state index in [1.807, 2.05) is 19.9 Å². The van der Waals surface area contributed by atoms with Crippen molar-refractivity contribution in [1.82, 2.24) is 10.2 Å². The lowest BCUT2D eigenvalue weighted by atomic mass is 9.97. The minimum Gasteiger partial charge on any atom is -0.508 e. The van der Waals surface area contributed by atoms with Gasteiger partial charge in [0.1, 0.15) is 23.4 Å². The van der Waals surface area contributed by atoms with Crippen LogP contribution >= 0.6 is 11.6 Å². The van der Waals surface area contributed by atoms with Crippen LogP contribution in [0.2, 0.25) is 5.02 Å². The molecule has 3 amide bonds. The van der Waals surface area contributed by atoms with Crippen molar-refractivity contribution in [3.63, 3.8) is 0 Å². The van der Waals surface area contributed by atoms with Crippen molar-refractivity contribution in [3.05, 3.63) is 58.6 Å². The quantitative estimate of drug-likeness (QED) is 0.329. The van der Waals surface area contributed by atoms with E-state index < -0.39 is 35.6 Å². The zero-order valence-electron chi connectivity index (χ0n) is 23.3. The summed E-state index contributed by atoms with van der Waals surface area (Å²) in [7, 11) is 0. The topological polar surface area (TPSA) is 108 Å². The van der Waals surface area contributed by atoms with E-state index in [0.717, 1.165) is 12.0 Å². The number of aromatic hydroxyl groups is 1. The van der Waals surface area contributed by atoms with E-state index in [1.54, 1.807) is 65.0 Å². The van der Waals surface area contributed by atoms with Gasteiger partial charge in [0.25, 0.3) is 5.91 Å². The molecule has 2 aromatic rings. The number of aryl methyl sites for hydroxylation is 1. The highest BCUT2D eigenvalue weighted by Gasteiger charge is 2.38. The van der Waals surface area contributed by atoms with E-state index in [2.05, 4.69) is 10.6 Å². The highest BCUT2D eigenvalue weighted by molar-refractivity contribution is 6.34. The second-order valence-electron chi connectivity index (χ2n) is 10.6. The number of anilines is 1. The van der Waals surface area contributed by atoms with Gasteiger partial charge in [0.15, 0.2) is 0 Å². The van der Waals surface area contributed by atoms with Gasteiger partial charge in [-0.3, -0.25) is 9.59 Å². The second-order valence-corrected chi connectivity index (χ2v) is 11.0. The van der Waals surface area contributed by atoms with Gasteiger partial charge < -0.3 is 25.4 Å². The zero-order chi connectivity index (χ0) is 28.6. The van der Waals surface area contributed by atoms with Gasteiger partial charge in [0, 0.05) is 12.1 Å². The SMILES string of the molecule is CCCCN(C(=O)C(NC(=O)OC(C)(C)C)C(C)C)C(C(=O)Nc1c(C)cccc1Cl)c1ccccc1O. The summed E-state index contributed by atoms with van der Waals surface area (Å²) in [6, 6.07) is 9.52. The highest BCUT2D eigenvalue weighted by Crippen LogP contribution is 2.33. The third kappa shape index (κ3) is 8.38. The number of ether oxygens (including phenoxy) is 1. The summed E-state index contributed by atoms with van der Waals surface area (Å²) in [5.41, 5.74) is 0.690. The number of hydrogen-bond donors (Lipinski definition) is 3. The number of para-hydroxylation sites is 2. The lowest BCUT2D eigenvalue weighted by molar-refractivity contribution is -0.141. The van der Waals surface area contributed by atoms with E-state index in [4.69, 9.17) is 16.3 Å². The van der Waals surface area contributed by atoms with Crippen molar-refractivity contribution in [1.29, 1.82) is 0 Å². The highest BCUT2D eigenvalue weighted by atomic mass is 35.5. The number of carbonyl (C=O) groups excluding carboxylic acids is 3. The molecule has 2 atom stereocenters. The van der Waals surface area contributed by atoms with Crippen LogP contribution < -0.4 is 10.6 Å². The van der Waals surface area contributed by atoms with Gasteiger partial charge in [-0.05, 0) is 57.7 Å². The van der Waals surface area contributed by atoms with Gasteiger partial charge >= 0.3 is 6.09 Å². The Labute approximate surface area is 230 Å². The molecule has 9 heteroatoms. The summed E-state index contributed by atoms with van der Waals surface area (Å²) in [5, 5.41) is 16.7. The Morgan fingerprint density at radius 2 is 1.74 bits per heavy atom. The predicted molar refractivity (Wildman–Crippen MR) is 150 cm³/mol. The van der Waals surface area contributed by atoms with Crippen LogP contribution in [0.5, 0.6) is 5.75 Å². The molecule has 0 radical (unpaired) electrons. The number of nitrogens with zero attached hydrogens (tertiary/aromatic N) is 1. The molecule has 2 unspecified atom stereocenters. The lowest BCUT2D eigenvalue weighted by Crippen LogP contribution is -2.54. The van der Waals surface area contributed by atoms with E-state index in [9.17, 15) is 19.5 Å². The Kier molecular flexibility index (Phi) is 11.0. The van der Waals surface area contributed by atoms with Crippen molar-refractivity contribution < 1.29 is 24.2 Å². The summed E-state index contributed by atoms with van der Waals surface area (Å²) in [4.78, 5) is 42.0. The van der Waals surface area contributed by atoms with Gasteiger partial charge in [-0.1, -0.05) is 69.1 Å². The number of phenols is 1. The fraction of sp³-hybridized carbons (Fsp3) is 0.483. The number of hydrogen-bond acceptors (Lipinski definition) is 5. The van der Waals surface area contributed by atoms with Crippen molar-refractivity contribution in [3.8, 4) is 5.75 Å². The number of benzene rings is 2. The van der Waals surface area contributed by atoms with Gasteiger partial charge in [-0.25, -0.2) is 4.79 Å². The summed E-state index contributed by atoms with van der Waals surface area (Å²) in [6.07, 6.45) is 0.634. The van der Waals surface area contributed by atoms with Crippen LogP contribution in [0.15, 0.2) is 42.5 Å². The Morgan fingerprint density at radius 1 is 1.08 bits per heavy atom. The Balaban J connectivity index is 2.57. The summed E-state index contributed by atoms with van der Waals surface area (Å²) >= 11 is 6.38. The molecule has 0 aromatic heterocycles. The van der Waals surface area contributed by atoms with E-state index in [-0.39, 0.29) is 23.8 Å². The number of unbranched alkanes of at least 4 members (excludes halogenated alkanes) is 1. The fourth-order valence-electron chi connectivity index (χ4n) is 3.97. The predicted octanol–water partition coefficient (Wildman–Crippen LogP) is 6.21. The summed E-state index contributed by atoms with van der Waals surface area (Å²) in [6.45, 7) is 12.8. The first-order valence-electron chi connectivity index (χ1n) is 12.9. The minimum absolute atomic E-state index is 0.126. The molecule has 3 N–H and O–H groups in total. The summed E-state index contributed by atoms with van der Waals surface area (Å²) < 4.78 is 5.39. The number of alkyl carbamates (subject to hydrolysis) is 1. The first-order valence-corrected chi connectivity index (χ1v) is 13.3. The van der Waals surface area contributed by atoms with Crippen molar-refractivity contribution in [2.45, 2.75) is 79.0 Å². The number of amides is 3. The molecular weight excluding hydrogens is 506 g/mol. The van der Waals surface area contributed by atoms with Crippen molar-refractivity contribution in [2.24, 2.45) is 5.92 Å². The Bertz CT molecular complexity index is 1110. The smallest absolute Gasteiger partial charge is 0.408 e. The molecule has 0 aliphatic rings. The number of phenolic OH excluding ortho intramolecular Hbond substituents is 1. The van der Waals surface area contributed by atoms with E-state index >= 15 is 0 Å². The largest absolute Gasteiger partial charge is 0.508 e. The number of rotatable bonds is 10. The van der Waals surface area contributed by atoms with Crippen LogP contribution in [0.3, 0.4) is 0 Å². The molecule has 0 spiro atoms. The first kappa shape index (κ1) is 31.0. The normalized spacial score (nSPS) is 13.0. The molecule has 0 bridgehead atoms. The van der Waals surface area contributed by atoms with Crippen LogP contribution in [0.25, 0.3) is 0 Å². The zero-order valence-corrected chi connectivity index (χ0v) is 24.1. The maximum Gasteiger partial charge on any atom is 0.408 e. The maximum atomic E-state index is 14.1. The van der Waals surface area contributed by atoms with Gasteiger partial charge in [-0.2, -0.15) is 0 Å². The number of carbonyl (C=O) groups is 3. The van der Waals surface area contributed by atoms with Gasteiger partial charge in [-0.15, -0.1) is 0 Å². The van der Waals surface area contributed by atoms with Gasteiger partial charge in [0.05, 0.1) is 10.7 Å². The van der Waals surface area contributed by atoms with Gasteiger partial charge in [0.2, 0.25) is 5.91 Å². The summed E-state index contributed by atoms with van der Waals surface area (Å²) in [5.74, 6) is -1.43. The van der Waals surface area contributed by atoms with Crippen LogP contribution in [-0.4, -0.2) is 46.1 Å². The molecule has 0 saturated heterocycles. The molecule has 2 rings (SSSR count). The monoisotopic (exact) mass is 545 g/mol. The van der Waals surface area contributed by atoms with Crippen LogP contribution in [0.1, 0.15) is 71.6 Å². The van der Waals surface area contributed by atoms with Crippen LogP contribution in [0.4, 0.5) is 10.5 Å². The Morgan fingerprint density at radius 3 is 2.29 bits per heavy atom. The Hall–Kier alpha value is -3.26. The molecule has 0 fully saturated rings. The van der Waals surface area contributed by atoms with Crippen LogP contribution in [0, 0.1) is 12.8 Å². The molecule has 0 aliphatic heterocycles. The van der Waals surface area contributed by atoms with Crippen LogP contribution in [-0.2, 0) is 14.3 Å². The molecule has 208 valence electrons. The van der Waals surface area contributed by atoms with Crippen molar-refractivity contribution >= 4 is 35.2 Å². The fourth-order valence-corrected chi connectivity index (χ4v) is 4.24. The van der Waals surface area contributed by atoms with E-state index in [1.165, 1.54) is 11.0 Å². The molecule has 8 nitrogen and oxygen atoms in total. The molecular formula is C29H40ClN3O5. The third-order valence-corrected chi connectivity index (χ3v) is 6.22. The molecule has 0 saturated carbocycles. The maximum absolute atomic E-state index is 14.1. The molecule has 0 aliphatic carbocycles. The molecule has 38 heavy (non-hydrogen) atoms. The molecule has 0 heterocycles. The number of nitrogens with one attached hydrogen (secondary N) is 2. The first-order chi connectivity index (χ1) is 17.8. The molecule has 2 aromatic carbocycles. The van der Waals surface area contributed by atoms with Crippen molar-refractivity contribution in [2.75, 3.05) is 11.9 Å². The second kappa shape index (κ2) is 13.5. The lowest BCUT2D eigenvalue weighted by Gasteiger charge is -2.36. The number of halogens is 1. The van der Waals surface area contributed by atoms with E-state index in [0.29, 0.717) is 17.1 Å². The standard InChI is InChI=1S/C29H40ClN3O5/c1-8-9-17-33(27(36)23(18(2)3)32-28(37)38-29(5,6)7)25(20-14-10-11-16-22(20)34)26(35)31-24-19(4)13-12-15-21(24)30/h10-16,18,23,25,34H,8-9,17H2,1-7H3,(H,31,35)(H,32,37). The average Bonchev–Trinajstić information content (AvgIpc) is 2.81. The third-order valence-electron chi connectivity index (χ3n) is 5.90. The average molecular weight is 546 g/mol. The minimum atomic E-state index is -1.19.